The highest BCUT2D eigenvalue weighted by molar-refractivity contribution is 5.56. The van der Waals surface area contributed by atoms with Crippen LogP contribution in [0.25, 0.3) is 0 Å². The Hall–Kier alpha value is -0.790. The molecule has 0 saturated carbocycles. The number of unbranched alkanes of at least 4 members (excludes halogenated alkanes) is 4. The summed E-state index contributed by atoms with van der Waals surface area (Å²) in [5.41, 5.74) is 0. The first-order valence-electron chi connectivity index (χ1n) is 6.73. The molecule has 0 aliphatic rings. The Labute approximate surface area is 101 Å². The molecule has 0 rings (SSSR count). The lowest BCUT2D eigenvalue weighted by molar-refractivity contribution is 0.536. The van der Waals surface area contributed by atoms with Gasteiger partial charge in [0, 0.05) is 19.3 Å². The van der Waals surface area contributed by atoms with Gasteiger partial charge in [0.1, 0.15) is 0 Å². The third-order valence-electron chi connectivity index (χ3n) is 2.48. The predicted octanol–water partition coefficient (Wildman–Crippen LogP) is 4.23. The lowest BCUT2D eigenvalue weighted by Gasteiger charge is -2.13. The van der Waals surface area contributed by atoms with Gasteiger partial charge < -0.3 is 4.90 Å². The van der Waals surface area contributed by atoms with E-state index in [9.17, 15) is 0 Å². The average Bonchev–Trinajstić information content (AvgIpc) is 2.30. The van der Waals surface area contributed by atoms with Gasteiger partial charge >= 0.3 is 0 Å². The van der Waals surface area contributed by atoms with Crippen molar-refractivity contribution in [3.63, 3.8) is 0 Å². The van der Waals surface area contributed by atoms with Crippen LogP contribution in [0, 0.1) is 0 Å². The minimum absolute atomic E-state index is 0.972. The summed E-state index contributed by atoms with van der Waals surface area (Å²) in [4.78, 5) is 6.65. The molecule has 0 aromatic carbocycles. The zero-order valence-electron chi connectivity index (χ0n) is 11.3. The predicted molar refractivity (Wildman–Crippen MR) is 73.9 cm³/mol. The Balaban J connectivity index is 3.67. The minimum atomic E-state index is 0.972. The average molecular weight is 224 g/mol. The molecule has 16 heavy (non-hydrogen) atoms. The molecule has 0 unspecified atom stereocenters. The number of hydrogen-bond donors (Lipinski definition) is 0. The number of hydrogen-bond acceptors (Lipinski definition) is 1. The molecule has 2 nitrogen and oxygen atoms in total. The first-order chi connectivity index (χ1) is 7.85. The number of rotatable bonds is 10. The maximum atomic E-state index is 4.46. The second-order valence-electron chi connectivity index (χ2n) is 4.16. The highest BCUT2D eigenvalue weighted by Crippen LogP contribution is 1.99. The van der Waals surface area contributed by atoms with E-state index < -0.39 is 0 Å². The maximum Gasteiger partial charge on any atom is 0.0889 e. The van der Waals surface area contributed by atoms with Gasteiger partial charge in [-0.2, -0.15) is 0 Å². The van der Waals surface area contributed by atoms with Gasteiger partial charge in [0.15, 0.2) is 0 Å². The van der Waals surface area contributed by atoms with Gasteiger partial charge in [-0.1, -0.05) is 45.6 Å². The summed E-state index contributed by atoms with van der Waals surface area (Å²) in [5, 5.41) is 0. The summed E-state index contributed by atoms with van der Waals surface area (Å²) < 4.78 is 0. The lowest BCUT2D eigenvalue weighted by atomic mass is 10.2. The molecule has 0 bridgehead atoms. The van der Waals surface area contributed by atoms with Crippen molar-refractivity contribution in [2.45, 2.75) is 59.3 Å². The quantitative estimate of drug-likeness (QED) is 0.308. The fourth-order valence-electron chi connectivity index (χ4n) is 1.50. The first-order valence-corrected chi connectivity index (χ1v) is 6.73. The molecule has 0 heterocycles. The van der Waals surface area contributed by atoms with Gasteiger partial charge in [-0.05, 0) is 19.8 Å². The Morgan fingerprint density at radius 1 is 1.00 bits per heavy atom. The van der Waals surface area contributed by atoms with Crippen LogP contribution in [0.4, 0.5) is 0 Å². The smallest absolute Gasteiger partial charge is 0.0889 e. The first kappa shape index (κ1) is 15.2. The third-order valence-corrected chi connectivity index (χ3v) is 2.48. The van der Waals surface area contributed by atoms with E-state index in [-0.39, 0.29) is 0 Å². The van der Waals surface area contributed by atoms with Crippen molar-refractivity contribution in [2.24, 2.45) is 4.99 Å². The standard InChI is InChI=1S/C14H28N2/c1-4-7-9-10-11-15-14-16(12-6-3)13-8-5-2/h6,12,14H,4-5,7-11,13H2,1-3H3/b12-6-,15-14+. The van der Waals surface area contributed by atoms with Crippen molar-refractivity contribution in [3.05, 3.63) is 12.3 Å². The van der Waals surface area contributed by atoms with E-state index in [4.69, 9.17) is 0 Å². The monoisotopic (exact) mass is 224 g/mol. The Morgan fingerprint density at radius 3 is 2.38 bits per heavy atom. The maximum absolute atomic E-state index is 4.46. The van der Waals surface area contributed by atoms with Crippen LogP contribution in [0.5, 0.6) is 0 Å². The third kappa shape index (κ3) is 9.75. The van der Waals surface area contributed by atoms with Crippen molar-refractivity contribution in [2.75, 3.05) is 13.1 Å². The van der Waals surface area contributed by atoms with E-state index in [0.29, 0.717) is 0 Å². The zero-order chi connectivity index (χ0) is 12.1. The molecule has 0 aliphatic heterocycles. The van der Waals surface area contributed by atoms with Crippen molar-refractivity contribution < 1.29 is 0 Å². The Bertz CT molecular complexity index is 185. The minimum Gasteiger partial charge on any atom is -0.340 e. The van der Waals surface area contributed by atoms with E-state index in [2.05, 4.69) is 36.0 Å². The van der Waals surface area contributed by atoms with Gasteiger partial charge in [0.25, 0.3) is 0 Å². The van der Waals surface area contributed by atoms with Crippen LogP contribution in [0.3, 0.4) is 0 Å². The van der Waals surface area contributed by atoms with Crippen LogP contribution < -0.4 is 0 Å². The summed E-state index contributed by atoms with van der Waals surface area (Å²) in [6.07, 6.45) is 13.8. The highest BCUT2D eigenvalue weighted by atomic mass is 15.1. The van der Waals surface area contributed by atoms with Gasteiger partial charge in [-0.3, -0.25) is 4.99 Å². The zero-order valence-corrected chi connectivity index (χ0v) is 11.3. The van der Waals surface area contributed by atoms with E-state index in [1.54, 1.807) is 0 Å². The number of aliphatic imine (C=N–C) groups is 1. The van der Waals surface area contributed by atoms with Crippen LogP contribution in [-0.2, 0) is 0 Å². The van der Waals surface area contributed by atoms with Crippen LogP contribution >= 0.6 is 0 Å². The molecule has 0 saturated heterocycles. The van der Waals surface area contributed by atoms with Crippen molar-refractivity contribution >= 4 is 6.34 Å². The summed E-state index contributed by atoms with van der Waals surface area (Å²) in [6, 6.07) is 0. The molecule has 0 amide bonds. The van der Waals surface area contributed by atoms with E-state index in [1.165, 1.54) is 38.5 Å². The highest BCUT2D eigenvalue weighted by Gasteiger charge is 1.92. The van der Waals surface area contributed by atoms with E-state index >= 15 is 0 Å². The molecular weight excluding hydrogens is 196 g/mol. The molecule has 0 radical (unpaired) electrons. The lowest BCUT2D eigenvalue weighted by Crippen LogP contribution is -2.16. The molecule has 0 fully saturated rings. The fraction of sp³-hybridized carbons (Fsp3) is 0.786. The molecule has 2 heteroatoms. The van der Waals surface area contributed by atoms with Crippen molar-refractivity contribution in [1.82, 2.24) is 4.90 Å². The van der Waals surface area contributed by atoms with Crippen LogP contribution in [0.15, 0.2) is 17.3 Å². The largest absolute Gasteiger partial charge is 0.340 e. The van der Waals surface area contributed by atoms with Crippen LogP contribution in [0.2, 0.25) is 0 Å². The van der Waals surface area contributed by atoms with E-state index in [0.717, 1.165) is 13.1 Å². The Kier molecular flexibility index (Phi) is 11.7. The summed E-state index contributed by atoms with van der Waals surface area (Å²) in [6.45, 7) is 8.56. The molecule has 0 atom stereocenters. The summed E-state index contributed by atoms with van der Waals surface area (Å²) >= 11 is 0. The Morgan fingerprint density at radius 2 is 1.75 bits per heavy atom. The normalized spacial score (nSPS) is 11.7. The van der Waals surface area contributed by atoms with Crippen molar-refractivity contribution in [3.8, 4) is 0 Å². The molecule has 0 aromatic rings. The summed E-state index contributed by atoms with van der Waals surface area (Å²) in [7, 11) is 0. The molecule has 0 aromatic heterocycles. The van der Waals surface area contributed by atoms with Gasteiger partial charge in [-0.25, -0.2) is 0 Å². The van der Waals surface area contributed by atoms with Gasteiger partial charge in [-0.15, -0.1) is 0 Å². The fourth-order valence-corrected chi connectivity index (χ4v) is 1.50. The van der Waals surface area contributed by atoms with Crippen LogP contribution in [-0.4, -0.2) is 24.3 Å². The van der Waals surface area contributed by atoms with Crippen LogP contribution in [0.1, 0.15) is 59.3 Å². The van der Waals surface area contributed by atoms with Crippen molar-refractivity contribution in [1.29, 1.82) is 0 Å². The van der Waals surface area contributed by atoms with E-state index in [1.807, 2.05) is 13.3 Å². The second-order valence-corrected chi connectivity index (χ2v) is 4.16. The second kappa shape index (κ2) is 12.3. The number of allylic oxidation sites excluding steroid dienone is 1. The molecule has 0 spiro atoms. The summed E-state index contributed by atoms with van der Waals surface area (Å²) in [5.74, 6) is 0. The molecular formula is C14H28N2. The number of nitrogens with zero attached hydrogens (tertiary/aromatic N) is 2. The van der Waals surface area contributed by atoms with Gasteiger partial charge in [0.05, 0.1) is 6.34 Å². The SMILES string of the molecule is C/C=C\N(/C=N/CCCCCC)CCCC. The molecule has 0 N–H and O–H groups in total. The molecule has 94 valence electrons. The van der Waals surface area contributed by atoms with Gasteiger partial charge in [0.2, 0.25) is 0 Å². The molecule has 0 aliphatic carbocycles. The topological polar surface area (TPSA) is 15.6 Å².